The predicted octanol–water partition coefficient (Wildman–Crippen LogP) is 3.19. The zero-order chi connectivity index (χ0) is 13.9. The maximum Gasteiger partial charge on any atom is 0.205 e. The summed E-state index contributed by atoms with van der Waals surface area (Å²) in [6.07, 6.45) is 0. The highest BCUT2D eigenvalue weighted by molar-refractivity contribution is 5.54. The van der Waals surface area contributed by atoms with Crippen molar-refractivity contribution >= 4 is 5.69 Å². The van der Waals surface area contributed by atoms with Gasteiger partial charge in [-0.25, -0.2) is 4.85 Å². The van der Waals surface area contributed by atoms with Crippen molar-refractivity contribution in [2.45, 2.75) is 6.92 Å². The molecule has 0 amide bonds. The van der Waals surface area contributed by atoms with E-state index in [0.717, 1.165) is 11.3 Å². The number of nitrogens with zero attached hydrogens (tertiary/aromatic N) is 5. The second-order valence-electron chi connectivity index (χ2n) is 4.40. The molecular formula is C15H11N5. The van der Waals surface area contributed by atoms with Crippen molar-refractivity contribution in [3.8, 4) is 17.1 Å². The van der Waals surface area contributed by atoms with Gasteiger partial charge in [0.2, 0.25) is 5.82 Å². The van der Waals surface area contributed by atoms with Gasteiger partial charge in [0.25, 0.3) is 0 Å². The smallest absolute Gasteiger partial charge is 0.205 e. The first-order valence-electron chi connectivity index (χ1n) is 6.11. The molecule has 0 saturated carbocycles. The topological polar surface area (TPSA) is 48.0 Å². The molecule has 0 unspecified atom stereocenters. The lowest BCUT2D eigenvalue weighted by Crippen LogP contribution is -1.98. The summed E-state index contributed by atoms with van der Waals surface area (Å²) >= 11 is 0. The van der Waals surface area contributed by atoms with Gasteiger partial charge in [0, 0.05) is 5.56 Å². The van der Waals surface area contributed by atoms with Gasteiger partial charge in [-0.3, -0.25) is 0 Å². The van der Waals surface area contributed by atoms with E-state index in [9.17, 15) is 0 Å². The predicted molar refractivity (Wildman–Crippen MR) is 75.6 cm³/mol. The average Bonchev–Trinajstić information content (AvgIpc) is 2.98. The third-order valence-corrected chi connectivity index (χ3v) is 2.93. The summed E-state index contributed by atoms with van der Waals surface area (Å²) in [7, 11) is 0. The molecule has 5 nitrogen and oxygen atoms in total. The summed E-state index contributed by atoms with van der Waals surface area (Å²) in [6.45, 7) is 8.96. The molecule has 0 fully saturated rings. The maximum absolute atomic E-state index is 6.93. The Kier molecular flexibility index (Phi) is 2.98. The lowest BCUT2D eigenvalue weighted by Gasteiger charge is -1.98. The Labute approximate surface area is 116 Å². The Bertz CT molecular complexity index is 763. The molecule has 1 heterocycles. The van der Waals surface area contributed by atoms with E-state index in [0.29, 0.717) is 11.5 Å². The molecule has 3 rings (SSSR count). The van der Waals surface area contributed by atoms with Gasteiger partial charge in [0.15, 0.2) is 5.69 Å². The SMILES string of the molecule is [C-]#[N+]c1ccc(-n2nnc(-c3ccc(C)cc3)n2)cc1. The molecule has 0 bridgehead atoms. The lowest BCUT2D eigenvalue weighted by atomic mass is 10.1. The number of hydrogen-bond acceptors (Lipinski definition) is 3. The molecule has 0 radical (unpaired) electrons. The van der Waals surface area contributed by atoms with Crippen molar-refractivity contribution < 1.29 is 0 Å². The molecule has 0 aliphatic carbocycles. The van der Waals surface area contributed by atoms with Gasteiger partial charge in [-0.05, 0) is 24.3 Å². The number of benzene rings is 2. The van der Waals surface area contributed by atoms with Gasteiger partial charge >= 0.3 is 0 Å². The molecule has 0 aliphatic rings. The highest BCUT2D eigenvalue weighted by atomic mass is 15.6. The first-order valence-corrected chi connectivity index (χ1v) is 6.11. The quantitative estimate of drug-likeness (QED) is 0.665. The van der Waals surface area contributed by atoms with Crippen LogP contribution in [0.4, 0.5) is 5.69 Å². The Balaban J connectivity index is 1.93. The molecule has 0 spiro atoms. The van der Waals surface area contributed by atoms with Crippen LogP contribution in [0.3, 0.4) is 0 Å². The monoisotopic (exact) mass is 261 g/mol. The van der Waals surface area contributed by atoms with Crippen molar-refractivity contribution in [3.63, 3.8) is 0 Å². The first kappa shape index (κ1) is 12.1. The number of rotatable bonds is 2. The minimum Gasteiger partial charge on any atom is -0.238 e. The highest BCUT2D eigenvalue weighted by Gasteiger charge is 2.06. The largest absolute Gasteiger partial charge is 0.238 e. The Morgan fingerprint density at radius 1 is 1.00 bits per heavy atom. The second-order valence-corrected chi connectivity index (χ2v) is 4.40. The normalized spacial score (nSPS) is 10.2. The zero-order valence-corrected chi connectivity index (χ0v) is 10.9. The van der Waals surface area contributed by atoms with Gasteiger partial charge in [0.1, 0.15) is 0 Å². The minimum absolute atomic E-state index is 0.583. The molecule has 0 N–H and O–H groups in total. The van der Waals surface area contributed by atoms with E-state index in [1.165, 1.54) is 10.4 Å². The van der Waals surface area contributed by atoms with Gasteiger partial charge < -0.3 is 0 Å². The van der Waals surface area contributed by atoms with Crippen LogP contribution in [0.1, 0.15) is 5.56 Å². The van der Waals surface area contributed by atoms with Crippen LogP contribution >= 0.6 is 0 Å². The summed E-state index contributed by atoms with van der Waals surface area (Å²) in [5, 5.41) is 12.4. The fourth-order valence-electron chi connectivity index (χ4n) is 1.80. The third kappa shape index (κ3) is 2.27. The standard InChI is InChI=1S/C15H11N5/c1-11-3-5-12(6-4-11)15-17-19-20(18-15)14-9-7-13(16-2)8-10-14/h3-10H,1H3. The average molecular weight is 261 g/mol. The molecule has 0 atom stereocenters. The number of hydrogen-bond donors (Lipinski definition) is 0. The number of aromatic nitrogens is 4. The second kappa shape index (κ2) is 4.94. The van der Waals surface area contributed by atoms with E-state index in [1.54, 1.807) is 24.3 Å². The summed E-state index contributed by atoms with van der Waals surface area (Å²) in [6, 6.07) is 15.0. The van der Waals surface area contributed by atoms with Crippen LogP contribution in [0.5, 0.6) is 0 Å². The van der Waals surface area contributed by atoms with E-state index in [-0.39, 0.29) is 0 Å². The van der Waals surface area contributed by atoms with Crippen molar-refractivity contribution in [1.29, 1.82) is 0 Å². The molecule has 20 heavy (non-hydrogen) atoms. The maximum atomic E-state index is 6.93. The Morgan fingerprint density at radius 2 is 1.70 bits per heavy atom. The Morgan fingerprint density at radius 3 is 2.35 bits per heavy atom. The summed E-state index contributed by atoms with van der Waals surface area (Å²) in [5.41, 5.74) is 3.49. The first-order chi connectivity index (χ1) is 9.76. The molecule has 0 saturated heterocycles. The fraction of sp³-hybridized carbons (Fsp3) is 0.0667. The van der Waals surface area contributed by atoms with Crippen molar-refractivity contribution in [2.75, 3.05) is 0 Å². The van der Waals surface area contributed by atoms with Crippen molar-refractivity contribution in [1.82, 2.24) is 20.2 Å². The molecule has 0 aliphatic heterocycles. The van der Waals surface area contributed by atoms with Gasteiger partial charge in [-0.2, -0.15) is 0 Å². The summed E-state index contributed by atoms with van der Waals surface area (Å²) in [4.78, 5) is 4.81. The van der Waals surface area contributed by atoms with E-state index < -0.39 is 0 Å². The van der Waals surface area contributed by atoms with E-state index in [4.69, 9.17) is 6.57 Å². The molecular weight excluding hydrogens is 250 g/mol. The van der Waals surface area contributed by atoms with E-state index in [2.05, 4.69) is 20.3 Å². The number of aryl methyl sites for hydroxylation is 1. The van der Waals surface area contributed by atoms with Gasteiger partial charge in [0.05, 0.1) is 12.3 Å². The summed E-state index contributed by atoms with van der Waals surface area (Å²) < 4.78 is 0. The van der Waals surface area contributed by atoms with Crippen LogP contribution < -0.4 is 0 Å². The van der Waals surface area contributed by atoms with Gasteiger partial charge in [-0.1, -0.05) is 42.0 Å². The molecule has 2 aromatic carbocycles. The van der Waals surface area contributed by atoms with Crippen LogP contribution in [0, 0.1) is 13.5 Å². The summed E-state index contributed by atoms with van der Waals surface area (Å²) in [5.74, 6) is 0.583. The molecule has 1 aromatic heterocycles. The molecule has 96 valence electrons. The van der Waals surface area contributed by atoms with Crippen LogP contribution in [-0.2, 0) is 0 Å². The zero-order valence-electron chi connectivity index (χ0n) is 10.9. The van der Waals surface area contributed by atoms with Crippen LogP contribution in [0.2, 0.25) is 0 Å². The van der Waals surface area contributed by atoms with Gasteiger partial charge in [-0.15, -0.1) is 15.0 Å². The highest BCUT2D eigenvalue weighted by Crippen LogP contribution is 2.17. The fourth-order valence-corrected chi connectivity index (χ4v) is 1.80. The Hall–Kier alpha value is -3.00. The number of tetrazole rings is 1. The van der Waals surface area contributed by atoms with Crippen molar-refractivity contribution in [3.05, 3.63) is 65.5 Å². The molecule has 5 heteroatoms. The lowest BCUT2D eigenvalue weighted by molar-refractivity contribution is 0.720. The van der Waals surface area contributed by atoms with Crippen molar-refractivity contribution in [2.24, 2.45) is 0 Å². The van der Waals surface area contributed by atoms with E-state index in [1.807, 2.05) is 31.2 Å². The van der Waals surface area contributed by atoms with Crippen LogP contribution in [-0.4, -0.2) is 20.2 Å². The molecule has 3 aromatic rings. The van der Waals surface area contributed by atoms with E-state index >= 15 is 0 Å². The van der Waals surface area contributed by atoms with Crippen LogP contribution in [0.25, 0.3) is 21.9 Å². The van der Waals surface area contributed by atoms with Crippen LogP contribution in [0.15, 0.2) is 48.5 Å². The minimum atomic E-state index is 0.583. The third-order valence-electron chi connectivity index (χ3n) is 2.93.